The zero-order valence-electron chi connectivity index (χ0n) is 13.7. The quantitative estimate of drug-likeness (QED) is 0.884. The summed E-state index contributed by atoms with van der Waals surface area (Å²) in [5.74, 6) is 0.0239. The fraction of sp³-hybridized carbons (Fsp3) is 0.389. The third kappa shape index (κ3) is 3.44. The molecule has 1 aliphatic heterocycles. The van der Waals surface area contributed by atoms with Gasteiger partial charge in [0.25, 0.3) is 0 Å². The van der Waals surface area contributed by atoms with Crippen molar-refractivity contribution in [3.63, 3.8) is 0 Å². The number of nitrogens with zero attached hydrogens (tertiary/aromatic N) is 2. The van der Waals surface area contributed by atoms with E-state index in [1.54, 1.807) is 0 Å². The minimum absolute atomic E-state index is 0.173. The van der Waals surface area contributed by atoms with Gasteiger partial charge in [-0.2, -0.15) is 0 Å². The third-order valence-electron chi connectivity index (χ3n) is 4.40. The Hall–Kier alpha value is -2.31. The number of hydrogen-bond donors (Lipinski definition) is 2. The fourth-order valence-electron chi connectivity index (χ4n) is 3.04. The van der Waals surface area contributed by atoms with Crippen LogP contribution in [0.15, 0.2) is 39.5 Å². The van der Waals surface area contributed by atoms with E-state index in [4.69, 9.17) is 9.52 Å². The molecule has 0 atom stereocenters. The predicted octanol–water partition coefficient (Wildman–Crippen LogP) is 1.47. The number of para-hydroxylation sites is 1. The van der Waals surface area contributed by atoms with Crippen LogP contribution in [-0.2, 0) is 13.2 Å². The number of aromatic hydroxyl groups is 1. The summed E-state index contributed by atoms with van der Waals surface area (Å²) in [5, 5.41) is 19.0. The molecule has 6 nitrogen and oxygen atoms in total. The molecule has 1 aromatic heterocycles. The molecule has 3 rings (SSSR count). The van der Waals surface area contributed by atoms with Gasteiger partial charge in [-0.25, -0.2) is 0 Å². The van der Waals surface area contributed by atoms with Crippen LogP contribution < -0.4 is 10.3 Å². The Bertz CT molecular complexity index is 764. The molecule has 6 heteroatoms. The van der Waals surface area contributed by atoms with Gasteiger partial charge in [0.15, 0.2) is 5.76 Å². The van der Waals surface area contributed by atoms with Gasteiger partial charge in [0.1, 0.15) is 12.4 Å². The smallest absolute Gasteiger partial charge is 0.227 e. The molecule has 2 heterocycles. The Labute approximate surface area is 140 Å². The van der Waals surface area contributed by atoms with Crippen molar-refractivity contribution in [2.45, 2.75) is 20.1 Å². The molecular formula is C18H22N2O4. The van der Waals surface area contributed by atoms with E-state index >= 15 is 0 Å². The van der Waals surface area contributed by atoms with E-state index in [1.807, 2.05) is 12.1 Å². The first-order chi connectivity index (χ1) is 11.6. The molecule has 0 radical (unpaired) electrons. The van der Waals surface area contributed by atoms with Gasteiger partial charge < -0.3 is 19.5 Å². The summed E-state index contributed by atoms with van der Waals surface area (Å²) in [6.45, 7) is 5.46. The van der Waals surface area contributed by atoms with E-state index in [0.29, 0.717) is 6.54 Å². The van der Waals surface area contributed by atoms with E-state index < -0.39 is 5.43 Å². The van der Waals surface area contributed by atoms with Crippen LogP contribution in [0.5, 0.6) is 5.75 Å². The number of piperazine rings is 1. The van der Waals surface area contributed by atoms with Gasteiger partial charge in [0, 0.05) is 37.9 Å². The van der Waals surface area contributed by atoms with Crippen molar-refractivity contribution < 1.29 is 14.6 Å². The number of rotatable bonds is 4. The molecule has 0 spiro atoms. The first-order valence-electron chi connectivity index (χ1n) is 8.07. The summed E-state index contributed by atoms with van der Waals surface area (Å²) in [6.07, 6.45) is 0. The normalized spacial score (nSPS) is 15.7. The molecule has 24 heavy (non-hydrogen) atoms. The van der Waals surface area contributed by atoms with Crippen LogP contribution in [0.4, 0.5) is 5.69 Å². The van der Waals surface area contributed by atoms with Gasteiger partial charge in [-0.15, -0.1) is 0 Å². The average molecular weight is 330 g/mol. The van der Waals surface area contributed by atoms with E-state index in [9.17, 15) is 9.90 Å². The molecule has 0 aliphatic carbocycles. The average Bonchev–Trinajstić information content (AvgIpc) is 2.60. The number of aryl methyl sites for hydroxylation is 1. The number of aliphatic hydroxyl groups excluding tert-OH is 1. The van der Waals surface area contributed by atoms with Crippen molar-refractivity contribution in [3.8, 4) is 5.75 Å². The summed E-state index contributed by atoms with van der Waals surface area (Å²) in [6, 6.07) is 9.43. The van der Waals surface area contributed by atoms with Gasteiger partial charge in [-0.05, 0) is 18.6 Å². The molecule has 2 aromatic rings. The lowest BCUT2D eigenvalue weighted by molar-refractivity contribution is 0.200. The van der Waals surface area contributed by atoms with Crippen molar-refractivity contribution in [1.29, 1.82) is 0 Å². The predicted molar refractivity (Wildman–Crippen MR) is 91.2 cm³/mol. The highest BCUT2D eigenvalue weighted by atomic mass is 16.4. The van der Waals surface area contributed by atoms with Crippen LogP contribution in [0.25, 0.3) is 0 Å². The first kappa shape index (κ1) is 16.5. The molecular weight excluding hydrogens is 308 g/mol. The Kier molecular flexibility index (Phi) is 4.87. The SMILES string of the molecule is Cc1ccccc1N1CCN(Cc2oc(CO)cc(=O)c2O)CC1. The van der Waals surface area contributed by atoms with Gasteiger partial charge in [0.05, 0.1) is 6.54 Å². The van der Waals surface area contributed by atoms with Crippen LogP contribution in [0.2, 0.25) is 0 Å². The summed E-state index contributed by atoms with van der Waals surface area (Å²) in [5.41, 5.74) is 1.98. The monoisotopic (exact) mass is 330 g/mol. The van der Waals surface area contributed by atoms with Gasteiger partial charge >= 0.3 is 0 Å². The van der Waals surface area contributed by atoms with Gasteiger partial charge in [-0.3, -0.25) is 9.69 Å². The molecule has 1 aliphatic rings. The van der Waals surface area contributed by atoms with Crippen LogP contribution in [0.1, 0.15) is 17.1 Å². The Balaban J connectivity index is 1.67. The number of hydrogen-bond acceptors (Lipinski definition) is 6. The second kappa shape index (κ2) is 7.07. The molecule has 1 saturated heterocycles. The minimum atomic E-state index is -0.515. The summed E-state index contributed by atoms with van der Waals surface area (Å²) in [7, 11) is 0. The van der Waals surface area contributed by atoms with Crippen LogP contribution in [0, 0.1) is 6.92 Å². The standard InChI is InChI=1S/C18H22N2O4/c1-13-4-2-3-5-15(13)20-8-6-19(7-9-20)11-17-18(23)16(22)10-14(12-21)24-17/h2-5,10,21,23H,6-9,11-12H2,1H3. The molecule has 128 valence electrons. The lowest BCUT2D eigenvalue weighted by atomic mass is 10.1. The third-order valence-corrected chi connectivity index (χ3v) is 4.40. The molecule has 0 amide bonds. The fourth-order valence-corrected chi connectivity index (χ4v) is 3.04. The highest BCUT2D eigenvalue weighted by molar-refractivity contribution is 5.53. The zero-order valence-corrected chi connectivity index (χ0v) is 13.7. The van der Waals surface area contributed by atoms with Crippen molar-refractivity contribution >= 4 is 5.69 Å². The Morgan fingerprint density at radius 2 is 1.88 bits per heavy atom. The van der Waals surface area contributed by atoms with Crippen molar-refractivity contribution in [3.05, 3.63) is 57.6 Å². The van der Waals surface area contributed by atoms with E-state index in [-0.39, 0.29) is 23.9 Å². The Morgan fingerprint density at radius 1 is 1.17 bits per heavy atom. The minimum Gasteiger partial charge on any atom is -0.502 e. The lowest BCUT2D eigenvalue weighted by Crippen LogP contribution is -2.46. The second-order valence-electron chi connectivity index (χ2n) is 6.06. The molecule has 0 bridgehead atoms. The maximum absolute atomic E-state index is 11.7. The second-order valence-corrected chi connectivity index (χ2v) is 6.06. The maximum atomic E-state index is 11.7. The van der Waals surface area contributed by atoms with Gasteiger partial charge in [0.2, 0.25) is 11.2 Å². The van der Waals surface area contributed by atoms with E-state index in [0.717, 1.165) is 32.2 Å². The lowest BCUT2D eigenvalue weighted by Gasteiger charge is -2.36. The van der Waals surface area contributed by atoms with Crippen molar-refractivity contribution in [2.75, 3.05) is 31.1 Å². The molecule has 0 saturated carbocycles. The van der Waals surface area contributed by atoms with Crippen molar-refractivity contribution in [1.82, 2.24) is 4.90 Å². The van der Waals surface area contributed by atoms with Crippen LogP contribution >= 0.6 is 0 Å². The highest BCUT2D eigenvalue weighted by Crippen LogP contribution is 2.22. The largest absolute Gasteiger partial charge is 0.502 e. The molecule has 2 N–H and O–H groups in total. The molecule has 1 fully saturated rings. The van der Waals surface area contributed by atoms with E-state index in [1.165, 1.54) is 11.3 Å². The molecule has 1 aromatic carbocycles. The summed E-state index contributed by atoms with van der Waals surface area (Å²) in [4.78, 5) is 16.2. The maximum Gasteiger partial charge on any atom is 0.227 e. The van der Waals surface area contributed by atoms with Crippen molar-refractivity contribution in [2.24, 2.45) is 0 Å². The number of aliphatic hydroxyl groups is 1. The highest BCUT2D eigenvalue weighted by Gasteiger charge is 2.21. The topological polar surface area (TPSA) is 77.2 Å². The number of anilines is 1. The van der Waals surface area contributed by atoms with Gasteiger partial charge in [-0.1, -0.05) is 18.2 Å². The van der Waals surface area contributed by atoms with Crippen LogP contribution in [0.3, 0.4) is 0 Å². The molecule has 0 unspecified atom stereocenters. The van der Waals surface area contributed by atoms with Crippen LogP contribution in [-0.4, -0.2) is 41.3 Å². The Morgan fingerprint density at radius 3 is 2.54 bits per heavy atom. The first-order valence-corrected chi connectivity index (χ1v) is 8.07. The summed E-state index contributed by atoms with van der Waals surface area (Å²) >= 11 is 0. The number of benzene rings is 1. The van der Waals surface area contributed by atoms with E-state index in [2.05, 4.69) is 28.9 Å². The zero-order chi connectivity index (χ0) is 17.1. The summed E-state index contributed by atoms with van der Waals surface area (Å²) < 4.78 is 5.42.